The van der Waals surface area contributed by atoms with E-state index in [0.29, 0.717) is 6.04 Å². The van der Waals surface area contributed by atoms with Crippen LogP contribution in [0.15, 0.2) is 24.3 Å². The number of rotatable bonds is 3. The molecule has 5 nitrogen and oxygen atoms in total. The van der Waals surface area contributed by atoms with Crippen molar-refractivity contribution >= 4 is 5.69 Å². The normalized spacial score (nSPS) is 25.4. The first kappa shape index (κ1) is 12.6. The molecule has 0 amide bonds. The molecule has 2 aliphatic rings. The van der Waals surface area contributed by atoms with Gasteiger partial charge in [0.05, 0.1) is 4.92 Å². The topological polar surface area (TPSA) is 49.6 Å². The van der Waals surface area contributed by atoms with Crippen LogP contribution in [-0.4, -0.2) is 54.0 Å². The molecule has 3 rings (SSSR count). The molecule has 5 heteroatoms. The molecular formula is C14H18N3O2. The number of hydrogen-bond acceptors (Lipinski definition) is 4. The van der Waals surface area contributed by atoms with Gasteiger partial charge < -0.3 is 4.90 Å². The summed E-state index contributed by atoms with van der Waals surface area (Å²) in [6.07, 6.45) is 1.11. The minimum Gasteiger partial charge on any atom is -0.304 e. The lowest BCUT2D eigenvalue weighted by Crippen LogP contribution is -2.45. The van der Waals surface area contributed by atoms with Crippen molar-refractivity contribution in [3.8, 4) is 0 Å². The summed E-state index contributed by atoms with van der Waals surface area (Å²) >= 11 is 0. The molecule has 0 aromatic heterocycles. The first-order valence-corrected chi connectivity index (χ1v) is 6.68. The summed E-state index contributed by atoms with van der Waals surface area (Å²) in [7, 11) is 2.16. The molecule has 1 heterocycles. The summed E-state index contributed by atoms with van der Waals surface area (Å²) in [5, 5.41) is 10.6. The zero-order chi connectivity index (χ0) is 13.4. The number of likely N-dealkylation sites (N-methyl/N-ethyl adjacent to an activating group) is 1. The molecule has 1 saturated heterocycles. The lowest BCUT2D eigenvalue weighted by atomic mass is 10.1. The number of hydrogen-bond donors (Lipinski definition) is 0. The molecule has 0 bridgehead atoms. The predicted molar refractivity (Wildman–Crippen MR) is 72.9 cm³/mol. The van der Waals surface area contributed by atoms with Gasteiger partial charge in [0, 0.05) is 50.3 Å². The third kappa shape index (κ3) is 2.62. The average molecular weight is 260 g/mol. The molecule has 1 saturated carbocycles. The number of piperazine rings is 1. The summed E-state index contributed by atoms with van der Waals surface area (Å²) in [5.41, 5.74) is 1.33. The molecule has 2 fully saturated rings. The summed E-state index contributed by atoms with van der Waals surface area (Å²) < 4.78 is 0. The van der Waals surface area contributed by atoms with Gasteiger partial charge in [-0.2, -0.15) is 0 Å². The second-order valence-corrected chi connectivity index (χ2v) is 5.39. The maximum absolute atomic E-state index is 10.6. The molecule has 1 radical (unpaired) electrons. The summed E-state index contributed by atoms with van der Waals surface area (Å²) in [6, 6.07) is 7.52. The van der Waals surface area contributed by atoms with Gasteiger partial charge in [-0.15, -0.1) is 0 Å². The highest BCUT2D eigenvalue weighted by molar-refractivity contribution is 5.47. The average Bonchev–Trinajstić information content (AvgIpc) is 3.20. The Balaban J connectivity index is 1.61. The fraction of sp³-hybridized carbons (Fsp3) is 0.500. The minimum atomic E-state index is -0.348. The van der Waals surface area contributed by atoms with Crippen LogP contribution in [0.25, 0.3) is 0 Å². The van der Waals surface area contributed by atoms with E-state index < -0.39 is 0 Å². The number of nitrogens with zero attached hydrogens (tertiary/aromatic N) is 3. The van der Waals surface area contributed by atoms with Gasteiger partial charge in [0.25, 0.3) is 5.69 Å². The number of nitro benzene ring substituents is 1. The highest BCUT2D eigenvalue weighted by Crippen LogP contribution is 2.44. The van der Waals surface area contributed by atoms with Crippen LogP contribution in [0.1, 0.15) is 12.0 Å². The lowest BCUT2D eigenvalue weighted by Gasteiger charge is -2.32. The Labute approximate surface area is 113 Å². The van der Waals surface area contributed by atoms with Crippen molar-refractivity contribution in [3.63, 3.8) is 0 Å². The summed E-state index contributed by atoms with van der Waals surface area (Å²) in [5.74, 6) is 1.43. The Bertz CT molecular complexity index is 466. The van der Waals surface area contributed by atoms with Gasteiger partial charge >= 0.3 is 0 Å². The molecule has 0 N–H and O–H groups in total. The third-order valence-corrected chi connectivity index (χ3v) is 4.08. The van der Waals surface area contributed by atoms with E-state index in [1.165, 1.54) is 5.92 Å². The van der Waals surface area contributed by atoms with Crippen LogP contribution in [0.5, 0.6) is 0 Å². The van der Waals surface area contributed by atoms with Crippen molar-refractivity contribution in [2.75, 3.05) is 33.2 Å². The lowest BCUT2D eigenvalue weighted by molar-refractivity contribution is -0.384. The monoisotopic (exact) mass is 260 g/mol. The van der Waals surface area contributed by atoms with Gasteiger partial charge in [-0.05, 0) is 19.0 Å². The summed E-state index contributed by atoms with van der Waals surface area (Å²) in [6.45, 7) is 4.50. The van der Waals surface area contributed by atoms with E-state index >= 15 is 0 Å². The fourth-order valence-corrected chi connectivity index (χ4v) is 2.74. The molecule has 1 atom stereocenters. The maximum atomic E-state index is 10.6. The molecule has 1 aromatic carbocycles. The van der Waals surface area contributed by atoms with Crippen molar-refractivity contribution in [2.24, 2.45) is 0 Å². The quantitative estimate of drug-likeness (QED) is 0.611. The fourth-order valence-electron chi connectivity index (χ4n) is 2.74. The number of non-ortho nitro benzene ring substituents is 1. The Morgan fingerprint density at radius 2 is 1.79 bits per heavy atom. The van der Waals surface area contributed by atoms with Crippen molar-refractivity contribution in [1.29, 1.82) is 0 Å². The van der Waals surface area contributed by atoms with Gasteiger partial charge in [-0.25, -0.2) is 0 Å². The van der Waals surface area contributed by atoms with Crippen molar-refractivity contribution < 1.29 is 4.92 Å². The molecule has 1 aliphatic carbocycles. The molecular weight excluding hydrogens is 242 g/mol. The van der Waals surface area contributed by atoms with Crippen LogP contribution >= 0.6 is 0 Å². The van der Waals surface area contributed by atoms with Gasteiger partial charge in [0.2, 0.25) is 0 Å². The Hall–Kier alpha value is -1.46. The van der Waals surface area contributed by atoms with E-state index in [2.05, 4.69) is 16.8 Å². The molecule has 101 valence electrons. The first-order chi connectivity index (χ1) is 9.15. The van der Waals surface area contributed by atoms with Crippen LogP contribution in [0, 0.1) is 16.0 Å². The second-order valence-electron chi connectivity index (χ2n) is 5.39. The summed E-state index contributed by atoms with van der Waals surface area (Å²) in [4.78, 5) is 15.2. The van der Waals surface area contributed by atoms with Gasteiger partial charge in [0.15, 0.2) is 0 Å². The van der Waals surface area contributed by atoms with Crippen LogP contribution in [0.2, 0.25) is 0 Å². The standard InChI is InChI=1S/C14H18N3O2/c1-15-6-8-16(9-7-15)14-10-13(14)11-2-4-12(5-3-11)17(18)19/h2-5,14H,6-10H2,1H3. The van der Waals surface area contributed by atoms with Crippen molar-refractivity contribution in [2.45, 2.75) is 12.5 Å². The minimum absolute atomic E-state index is 0.168. The molecule has 1 aromatic rings. The van der Waals surface area contributed by atoms with Gasteiger partial charge in [0.1, 0.15) is 0 Å². The third-order valence-electron chi connectivity index (χ3n) is 4.08. The SMILES string of the molecule is CN1CCN(C2C[C]2c2ccc([N+](=O)[O-])cc2)CC1. The van der Waals surface area contributed by atoms with E-state index in [1.54, 1.807) is 12.1 Å². The van der Waals surface area contributed by atoms with Crippen LogP contribution in [0.4, 0.5) is 5.69 Å². The molecule has 0 spiro atoms. The Morgan fingerprint density at radius 3 is 2.37 bits per heavy atom. The highest BCUT2D eigenvalue weighted by atomic mass is 16.6. The van der Waals surface area contributed by atoms with Crippen LogP contribution < -0.4 is 0 Å². The molecule has 1 unspecified atom stereocenters. The van der Waals surface area contributed by atoms with Crippen LogP contribution in [0.3, 0.4) is 0 Å². The van der Waals surface area contributed by atoms with E-state index in [-0.39, 0.29) is 10.6 Å². The largest absolute Gasteiger partial charge is 0.304 e. The zero-order valence-electron chi connectivity index (χ0n) is 11.1. The second kappa shape index (κ2) is 4.90. The Morgan fingerprint density at radius 1 is 1.16 bits per heavy atom. The van der Waals surface area contributed by atoms with E-state index in [4.69, 9.17) is 0 Å². The molecule has 19 heavy (non-hydrogen) atoms. The predicted octanol–water partition coefficient (Wildman–Crippen LogP) is 1.54. The first-order valence-electron chi connectivity index (χ1n) is 6.68. The van der Waals surface area contributed by atoms with Crippen molar-refractivity contribution in [1.82, 2.24) is 9.80 Å². The van der Waals surface area contributed by atoms with Gasteiger partial charge in [-0.3, -0.25) is 15.0 Å². The van der Waals surface area contributed by atoms with E-state index in [9.17, 15) is 10.1 Å². The van der Waals surface area contributed by atoms with E-state index in [1.807, 2.05) is 12.1 Å². The number of benzene rings is 1. The smallest absolute Gasteiger partial charge is 0.269 e. The van der Waals surface area contributed by atoms with Crippen molar-refractivity contribution in [3.05, 3.63) is 45.9 Å². The number of nitro groups is 1. The zero-order valence-corrected chi connectivity index (χ0v) is 11.1. The van der Waals surface area contributed by atoms with Crippen LogP contribution in [-0.2, 0) is 0 Å². The highest BCUT2D eigenvalue weighted by Gasteiger charge is 2.43. The van der Waals surface area contributed by atoms with E-state index in [0.717, 1.165) is 38.2 Å². The molecule has 1 aliphatic heterocycles. The van der Waals surface area contributed by atoms with Gasteiger partial charge in [-0.1, -0.05) is 12.1 Å². The maximum Gasteiger partial charge on any atom is 0.269 e. The Kier molecular flexibility index (Phi) is 3.24.